The fourth-order valence-corrected chi connectivity index (χ4v) is 4.55. The van der Waals surface area contributed by atoms with Gasteiger partial charge >= 0.3 is 11.9 Å². The molecule has 10 nitrogen and oxygen atoms in total. The fourth-order valence-electron chi connectivity index (χ4n) is 3.82. The van der Waals surface area contributed by atoms with Crippen molar-refractivity contribution in [1.82, 2.24) is 0 Å². The highest BCUT2D eigenvalue weighted by Crippen LogP contribution is 2.38. The number of hydrogen-bond acceptors (Lipinski definition) is 9. The van der Waals surface area contributed by atoms with Crippen LogP contribution in [0.4, 0.5) is 0 Å². The van der Waals surface area contributed by atoms with Crippen molar-refractivity contribution >= 4 is 25.5 Å². The number of nitrogens with zero attached hydrogens (tertiary/aromatic N) is 1. The summed E-state index contributed by atoms with van der Waals surface area (Å²) in [5, 5.41) is 0. The highest BCUT2D eigenvalue weighted by atomic mass is 31.2. The number of hydrogen-bond donors (Lipinski definition) is 0. The third-order valence-corrected chi connectivity index (χ3v) is 7.29. The van der Waals surface area contributed by atoms with Gasteiger partial charge in [-0.25, -0.2) is 0 Å². The summed E-state index contributed by atoms with van der Waals surface area (Å²) in [4.78, 5) is 47.5. The van der Waals surface area contributed by atoms with Crippen molar-refractivity contribution in [2.24, 2.45) is 0 Å². The van der Waals surface area contributed by atoms with E-state index in [0.29, 0.717) is 17.4 Å². The van der Waals surface area contributed by atoms with Crippen LogP contribution in [0, 0.1) is 0 Å². The molecule has 1 unspecified atom stereocenters. The molecular weight excluding hydrogens is 537 g/mol. The maximum atomic E-state index is 12.2. The molecule has 0 rings (SSSR count). The van der Waals surface area contributed by atoms with Gasteiger partial charge in [0.15, 0.2) is 6.10 Å². The highest BCUT2D eigenvalue weighted by Gasteiger charge is 2.22. The van der Waals surface area contributed by atoms with Crippen molar-refractivity contribution in [2.45, 2.75) is 123 Å². The highest BCUT2D eigenvalue weighted by molar-refractivity contribution is 7.45. The van der Waals surface area contributed by atoms with Crippen molar-refractivity contribution in [2.75, 3.05) is 47.5 Å². The van der Waals surface area contributed by atoms with Gasteiger partial charge in [-0.3, -0.25) is 14.2 Å². The second-order valence-corrected chi connectivity index (χ2v) is 13.0. The zero-order valence-electron chi connectivity index (χ0n) is 25.8. The van der Waals surface area contributed by atoms with Crippen LogP contribution < -0.4 is 4.89 Å². The average molecular weight is 594 g/mol. The summed E-state index contributed by atoms with van der Waals surface area (Å²) in [6, 6.07) is 0. The lowest BCUT2D eigenvalue weighted by Gasteiger charge is -2.28. The Labute approximate surface area is 242 Å². The Morgan fingerprint density at radius 2 is 1.25 bits per heavy atom. The van der Waals surface area contributed by atoms with E-state index in [9.17, 15) is 23.8 Å². The van der Waals surface area contributed by atoms with Gasteiger partial charge in [0.25, 0.3) is 7.82 Å². The molecule has 0 bridgehead atoms. The number of phosphoric acid groups is 1. The topological polar surface area (TPSA) is 128 Å². The van der Waals surface area contributed by atoms with Crippen LogP contribution in [0.25, 0.3) is 0 Å². The number of phosphoric ester groups is 1. The molecule has 0 spiro atoms. The maximum Gasteiger partial charge on any atom is 0.306 e. The molecule has 2 atom stereocenters. The zero-order chi connectivity index (χ0) is 30.3. The van der Waals surface area contributed by atoms with E-state index >= 15 is 0 Å². The number of esters is 2. The Balaban J connectivity index is 4.29. The van der Waals surface area contributed by atoms with Crippen LogP contribution in [0.15, 0.2) is 0 Å². The largest absolute Gasteiger partial charge is 0.756 e. The van der Waals surface area contributed by atoms with E-state index in [0.717, 1.165) is 19.3 Å². The first-order valence-corrected chi connectivity index (χ1v) is 16.6. The molecule has 0 heterocycles. The molecule has 0 N–H and O–H groups in total. The molecule has 40 heavy (non-hydrogen) atoms. The summed E-state index contributed by atoms with van der Waals surface area (Å²) in [6.45, 7) is 3.06. The van der Waals surface area contributed by atoms with Crippen LogP contribution in [0.2, 0.25) is 0 Å². The zero-order valence-corrected chi connectivity index (χ0v) is 26.7. The minimum Gasteiger partial charge on any atom is -0.756 e. The number of carbonyl (C=O) groups excluding carboxylic acids is 3. The molecule has 0 fully saturated rings. The molecule has 0 aromatic rings. The normalized spacial score (nSPS) is 13.9. The van der Waals surface area contributed by atoms with Gasteiger partial charge in [-0.05, 0) is 13.3 Å². The smallest absolute Gasteiger partial charge is 0.306 e. The Bertz CT molecular complexity index is 740. The van der Waals surface area contributed by atoms with E-state index in [2.05, 4.69) is 6.92 Å². The van der Waals surface area contributed by atoms with Crippen LogP contribution in [0.1, 0.15) is 117 Å². The first-order valence-electron chi connectivity index (χ1n) is 15.1. The molecule has 11 heteroatoms. The SMILES string of the molecule is CCCCCCCCCCCCCCCC(=O)OC[C@H](COP(=O)([O-])OCC[N+](C)(C)C)OC(=O)CCC(C)=O. The van der Waals surface area contributed by atoms with Crippen molar-refractivity contribution in [3.63, 3.8) is 0 Å². The van der Waals surface area contributed by atoms with E-state index in [-0.39, 0.29) is 38.3 Å². The third-order valence-electron chi connectivity index (χ3n) is 6.32. The Morgan fingerprint density at radius 3 is 1.75 bits per heavy atom. The number of likely N-dealkylation sites (N-methyl/N-ethyl adjacent to an activating group) is 1. The van der Waals surface area contributed by atoms with Crippen molar-refractivity contribution in [3.05, 3.63) is 0 Å². The number of ether oxygens (including phenoxy) is 2. The van der Waals surface area contributed by atoms with Crippen LogP contribution in [0.5, 0.6) is 0 Å². The van der Waals surface area contributed by atoms with Crippen LogP contribution in [0.3, 0.4) is 0 Å². The van der Waals surface area contributed by atoms with Gasteiger partial charge in [0.05, 0.1) is 34.2 Å². The quantitative estimate of drug-likeness (QED) is 0.0525. The van der Waals surface area contributed by atoms with E-state index in [1.165, 1.54) is 64.7 Å². The van der Waals surface area contributed by atoms with E-state index in [1.54, 1.807) is 0 Å². The lowest BCUT2D eigenvalue weighted by molar-refractivity contribution is -0.870. The van der Waals surface area contributed by atoms with Crippen LogP contribution >= 0.6 is 7.82 Å². The number of ketones is 1. The molecular formula is C29H56NO9P. The van der Waals surface area contributed by atoms with E-state index < -0.39 is 32.5 Å². The second kappa shape index (κ2) is 23.3. The van der Waals surface area contributed by atoms with Gasteiger partial charge in [0.1, 0.15) is 25.5 Å². The van der Waals surface area contributed by atoms with Crippen molar-refractivity contribution < 1.29 is 46.8 Å². The Hall–Kier alpha value is -1.32. The monoisotopic (exact) mass is 593 g/mol. The molecule has 0 amide bonds. The summed E-state index contributed by atoms with van der Waals surface area (Å²) in [5.41, 5.74) is 0. The molecule has 0 aromatic heterocycles. The van der Waals surface area contributed by atoms with Crippen molar-refractivity contribution in [3.8, 4) is 0 Å². The van der Waals surface area contributed by atoms with Gasteiger partial charge in [0.2, 0.25) is 0 Å². The van der Waals surface area contributed by atoms with Crippen molar-refractivity contribution in [1.29, 1.82) is 0 Å². The van der Waals surface area contributed by atoms with E-state index in [4.69, 9.17) is 18.5 Å². The van der Waals surface area contributed by atoms with Gasteiger partial charge in [-0.2, -0.15) is 0 Å². The van der Waals surface area contributed by atoms with Crippen LogP contribution in [-0.2, 0) is 37.5 Å². The summed E-state index contributed by atoms with van der Waals surface area (Å²) in [6.07, 6.45) is 14.6. The van der Waals surface area contributed by atoms with Gasteiger partial charge in [0, 0.05) is 12.8 Å². The van der Waals surface area contributed by atoms with Gasteiger partial charge in [-0.15, -0.1) is 0 Å². The average Bonchev–Trinajstić information content (AvgIpc) is 2.86. The maximum absolute atomic E-state index is 12.2. The standard InChI is InChI=1S/C29H56NO9P/c1-6-7-8-9-10-11-12-13-14-15-16-17-18-19-28(32)36-24-27(39-29(33)21-20-26(2)31)25-38-40(34,35)37-23-22-30(3,4)5/h27H,6-25H2,1-5H3/t27-/m1/s1. The molecule has 0 aliphatic heterocycles. The molecule has 0 saturated heterocycles. The predicted octanol–water partition coefficient (Wildman–Crippen LogP) is 5.50. The Kier molecular flexibility index (Phi) is 22.5. The summed E-state index contributed by atoms with van der Waals surface area (Å²) in [7, 11) is 1.03. The fraction of sp³-hybridized carbons (Fsp3) is 0.897. The first-order chi connectivity index (χ1) is 18.8. The summed E-state index contributed by atoms with van der Waals surface area (Å²) in [5.74, 6) is -1.33. The molecule has 0 aliphatic rings. The molecule has 0 saturated carbocycles. The minimum absolute atomic E-state index is 0.000537. The first kappa shape index (κ1) is 38.7. The molecule has 0 radical (unpaired) electrons. The van der Waals surface area contributed by atoms with E-state index in [1.807, 2.05) is 21.1 Å². The molecule has 236 valence electrons. The number of Topliss-reactive ketones (excluding diaryl/α,β-unsaturated/α-hetero) is 1. The number of carbonyl (C=O) groups is 3. The molecule has 0 aromatic carbocycles. The Morgan fingerprint density at radius 1 is 0.725 bits per heavy atom. The van der Waals surface area contributed by atoms with Gasteiger partial charge < -0.3 is 32.7 Å². The van der Waals surface area contributed by atoms with Gasteiger partial charge in [-0.1, -0.05) is 84.0 Å². The predicted molar refractivity (Wildman–Crippen MR) is 153 cm³/mol. The lowest BCUT2D eigenvalue weighted by atomic mass is 10.0. The second-order valence-electron chi connectivity index (χ2n) is 11.6. The lowest BCUT2D eigenvalue weighted by Crippen LogP contribution is -2.37. The third kappa shape index (κ3) is 26.9. The number of unbranched alkanes of at least 4 members (excludes halogenated alkanes) is 12. The van der Waals surface area contributed by atoms with Crippen LogP contribution in [-0.4, -0.2) is 75.8 Å². The number of quaternary nitrogens is 1. The summed E-state index contributed by atoms with van der Waals surface area (Å²) < 4.78 is 32.8. The number of rotatable bonds is 27. The minimum atomic E-state index is -4.64. The molecule has 0 aliphatic carbocycles. The summed E-state index contributed by atoms with van der Waals surface area (Å²) >= 11 is 0.